The van der Waals surface area contributed by atoms with E-state index in [4.69, 9.17) is 4.74 Å². The molecule has 1 N–H and O–H groups in total. The number of nitrogens with one attached hydrogen (secondary N) is 1. The molecule has 0 aromatic heterocycles. The highest BCUT2D eigenvalue weighted by Gasteiger charge is 2.40. The number of carbonyl (C=O) groups is 1. The Morgan fingerprint density at radius 3 is 2.45 bits per heavy atom. The highest BCUT2D eigenvalue weighted by Crippen LogP contribution is 2.40. The van der Waals surface area contributed by atoms with E-state index in [9.17, 15) is 13.6 Å². The molecule has 2 aromatic rings. The fraction of sp³-hybridized carbons (Fsp3) is 0.500. The number of ether oxygens (including phenoxy) is 1. The molecular formula is C26H33F2NO2. The topological polar surface area (TPSA) is 38.3 Å². The van der Waals surface area contributed by atoms with Crippen LogP contribution in [0.1, 0.15) is 68.9 Å². The SMILES string of the molecule is CCC[C@H](C[C@H](NC(=O)OCc1ccccc1)C1CCCC(F)(F)C1)c1ccccc1. The van der Waals surface area contributed by atoms with E-state index >= 15 is 0 Å². The van der Waals surface area contributed by atoms with Crippen molar-refractivity contribution in [2.75, 3.05) is 0 Å². The third-order valence-corrected chi connectivity index (χ3v) is 6.21. The first-order valence-electron chi connectivity index (χ1n) is 11.4. The Labute approximate surface area is 184 Å². The highest BCUT2D eigenvalue weighted by molar-refractivity contribution is 5.67. The largest absolute Gasteiger partial charge is 0.445 e. The molecule has 1 aliphatic rings. The van der Waals surface area contributed by atoms with Crippen LogP contribution in [0.3, 0.4) is 0 Å². The number of alkyl halides is 2. The third-order valence-electron chi connectivity index (χ3n) is 6.21. The number of alkyl carbamates (subject to hydrolysis) is 1. The van der Waals surface area contributed by atoms with Gasteiger partial charge in [-0.2, -0.15) is 0 Å². The van der Waals surface area contributed by atoms with Crippen LogP contribution >= 0.6 is 0 Å². The lowest BCUT2D eigenvalue weighted by molar-refractivity contribution is -0.0588. The van der Waals surface area contributed by atoms with Crippen LogP contribution in [0.5, 0.6) is 0 Å². The molecule has 0 saturated heterocycles. The lowest BCUT2D eigenvalue weighted by Crippen LogP contribution is -2.45. The van der Waals surface area contributed by atoms with Crippen LogP contribution in [0, 0.1) is 5.92 Å². The van der Waals surface area contributed by atoms with Crippen molar-refractivity contribution in [3.8, 4) is 0 Å². The number of amides is 1. The maximum atomic E-state index is 14.2. The van der Waals surface area contributed by atoms with Gasteiger partial charge in [0.2, 0.25) is 5.92 Å². The van der Waals surface area contributed by atoms with Gasteiger partial charge in [0.25, 0.3) is 0 Å². The number of carbonyl (C=O) groups excluding carboxylic acids is 1. The van der Waals surface area contributed by atoms with Crippen LogP contribution in [-0.4, -0.2) is 18.1 Å². The zero-order valence-corrected chi connectivity index (χ0v) is 18.2. The second-order valence-corrected chi connectivity index (χ2v) is 8.66. The molecule has 0 aliphatic heterocycles. The summed E-state index contributed by atoms with van der Waals surface area (Å²) in [4.78, 5) is 12.6. The number of hydrogen-bond donors (Lipinski definition) is 1. The van der Waals surface area contributed by atoms with Crippen LogP contribution in [0.2, 0.25) is 0 Å². The maximum absolute atomic E-state index is 14.2. The second-order valence-electron chi connectivity index (χ2n) is 8.66. The molecular weight excluding hydrogens is 396 g/mol. The average molecular weight is 430 g/mol. The fourth-order valence-electron chi connectivity index (χ4n) is 4.64. The number of rotatable bonds is 9. The lowest BCUT2D eigenvalue weighted by Gasteiger charge is -2.36. The molecule has 3 atom stereocenters. The van der Waals surface area contributed by atoms with Crippen LogP contribution < -0.4 is 5.32 Å². The minimum Gasteiger partial charge on any atom is -0.445 e. The molecule has 5 heteroatoms. The van der Waals surface area contributed by atoms with Gasteiger partial charge in [-0.3, -0.25) is 0 Å². The molecule has 3 rings (SSSR count). The first-order valence-corrected chi connectivity index (χ1v) is 11.4. The van der Waals surface area contributed by atoms with Crippen LogP contribution in [0.15, 0.2) is 60.7 Å². The van der Waals surface area contributed by atoms with Crippen molar-refractivity contribution in [2.45, 2.75) is 76.4 Å². The molecule has 1 unspecified atom stereocenters. The summed E-state index contributed by atoms with van der Waals surface area (Å²) in [6.45, 7) is 2.29. The fourth-order valence-corrected chi connectivity index (χ4v) is 4.64. The van der Waals surface area contributed by atoms with Gasteiger partial charge in [0, 0.05) is 18.9 Å². The van der Waals surface area contributed by atoms with Gasteiger partial charge in [-0.1, -0.05) is 74.0 Å². The second kappa shape index (κ2) is 11.3. The van der Waals surface area contributed by atoms with Crippen LogP contribution in [-0.2, 0) is 11.3 Å². The van der Waals surface area contributed by atoms with Gasteiger partial charge in [-0.05, 0) is 48.6 Å². The van der Waals surface area contributed by atoms with Crippen molar-refractivity contribution >= 4 is 6.09 Å². The van der Waals surface area contributed by atoms with Crippen molar-refractivity contribution < 1.29 is 18.3 Å². The predicted octanol–water partition coefficient (Wildman–Crippen LogP) is 7.08. The Morgan fingerprint density at radius 1 is 1.13 bits per heavy atom. The molecule has 31 heavy (non-hydrogen) atoms. The van der Waals surface area contributed by atoms with E-state index in [1.54, 1.807) is 0 Å². The maximum Gasteiger partial charge on any atom is 0.407 e. The Bertz CT molecular complexity index is 798. The minimum absolute atomic E-state index is 0.0637. The monoisotopic (exact) mass is 429 g/mol. The molecule has 0 bridgehead atoms. The molecule has 2 aromatic carbocycles. The number of benzene rings is 2. The quantitative estimate of drug-likeness (QED) is 0.462. The summed E-state index contributed by atoms with van der Waals surface area (Å²) < 4.78 is 33.8. The van der Waals surface area contributed by atoms with Gasteiger partial charge >= 0.3 is 6.09 Å². The molecule has 3 nitrogen and oxygen atoms in total. The van der Waals surface area contributed by atoms with Crippen LogP contribution in [0.25, 0.3) is 0 Å². The van der Waals surface area contributed by atoms with E-state index in [-0.39, 0.29) is 37.3 Å². The van der Waals surface area contributed by atoms with E-state index < -0.39 is 12.0 Å². The number of hydrogen-bond acceptors (Lipinski definition) is 2. The van der Waals surface area contributed by atoms with Gasteiger partial charge in [0.1, 0.15) is 6.61 Å². The Morgan fingerprint density at radius 2 is 1.81 bits per heavy atom. The standard InChI is InChI=1S/C26H33F2NO2/c1-2-10-22(21-13-7-4-8-14-21)17-24(23-15-9-16-26(27,28)18-23)29-25(30)31-19-20-11-5-3-6-12-20/h3-8,11-14,22-24H,2,9-10,15-19H2,1H3,(H,29,30)/t22-,23?,24+/m1/s1. The predicted molar refractivity (Wildman–Crippen MR) is 119 cm³/mol. The normalized spacial score (nSPS) is 19.9. The van der Waals surface area contributed by atoms with Crippen molar-refractivity contribution in [3.63, 3.8) is 0 Å². The molecule has 1 saturated carbocycles. The van der Waals surface area contributed by atoms with Gasteiger partial charge < -0.3 is 10.1 Å². The summed E-state index contributed by atoms with van der Waals surface area (Å²) in [7, 11) is 0. The summed E-state index contributed by atoms with van der Waals surface area (Å²) in [5, 5.41) is 2.96. The van der Waals surface area contributed by atoms with E-state index in [2.05, 4.69) is 24.4 Å². The van der Waals surface area contributed by atoms with E-state index in [0.29, 0.717) is 19.3 Å². The zero-order chi connectivity index (χ0) is 22.1. The zero-order valence-electron chi connectivity index (χ0n) is 18.2. The Balaban J connectivity index is 1.71. The summed E-state index contributed by atoms with van der Waals surface area (Å²) in [6, 6.07) is 19.3. The first kappa shape index (κ1) is 23.2. The van der Waals surface area contributed by atoms with Crippen LogP contribution in [0.4, 0.5) is 13.6 Å². The van der Waals surface area contributed by atoms with E-state index in [0.717, 1.165) is 18.4 Å². The van der Waals surface area contributed by atoms with Crippen molar-refractivity contribution in [3.05, 3.63) is 71.8 Å². The van der Waals surface area contributed by atoms with Gasteiger partial charge in [0.15, 0.2) is 0 Å². The van der Waals surface area contributed by atoms with Crippen molar-refractivity contribution in [2.24, 2.45) is 5.92 Å². The van der Waals surface area contributed by atoms with E-state index in [1.165, 1.54) is 5.56 Å². The molecule has 0 radical (unpaired) electrons. The average Bonchev–Trinajstić information content (AvgIpc) is 2.77. The van der Waals surface area contributed by atoms with Gasteiger partial charge in [-0.15, -0.1) is 0 Å². The molecule has 0 heterocycles. The Kier molecular flexibility index (Phi) is 8.44. The minimum atomic E-state index is -2.66. The summed E-state index contributed by atoms with van der Waals surface area (Å²) in [6.07, 6.45) is 2.99. The van der Waals surface area contributed by atoms with E-state index in [1.807, 2.05) is 48.5 Å². The summed E-state index contributed by atoms with van der Waals surface area (Å²) in [5.41, 5.74) is 2.09. The molecule has 0 spiro atoms. The smallest absolute Gasteiger partial charge is 0.407 e. The Hall–Kier alpha value is -2.43. The third kappa shape index (κ3) is 7.34. The highest BCUT2D eigenvalue weighted by atomic mass is 19.3. The molecule has 168 valence electrons. The van der Waals surface area contributed by atoms with Gasteiger partial charge in [-0.25, -0.2) is 13.6 Å². The van der Waals surface area contributed by atoms with Gasteiger partial charge in [0.05, 0.1) is 0 Å². The molecule has 1 aliphatic carbocycles. The summed E-state index contributed by atoms with van der Waals surface area (Å²) in [5.74, 6) is -2.71. The lowest BCUT2D eigenvalue weighted by atomic mass is 9.77. The first-order chi connectivity index (χ1) is 15.0. The molecule has 1 amide bonds. The van der Waals surface area contributed by atoms with Crippen molar-refractivity contribution in [1.82, 2.24) is 5.32 Å². The summed E-state index contributed by atoms with van der Waals surface area (Å²) >= 11 is 0. The molecule has 1 fully saturated rings. The van der Waals surface area contributed by atoms with Crippen molar-refractivity contribution in [1.29, 1.82) is 0 Å². The number of halogens is 2.